The Morgan fingerprint density at radius 1 is 0.841 bits per heavy atom. The number of ether oxygens (including phenoxy) is 3. The number of hydrogen-bond acceptors (Lipinski definition) is 6. The van der Waals surface area contributed by atoms with Crippen LogP contribution in [0, 0.1) is 5.92 Å². The lowest BCUT2D eigenvalue weighted by Gasteiger charge is -2.34. The van der Waals surface area contributed by atoms with Crippen molar-refractivity contribution in [2.45, 2.75) is 65.5 Å². The zero-order valence-electron chi connectivity index (χ0n) is 26.5. The molecule has 0 unspecified atom stereocenters. The van der Waals surface area contributed by atoms with E-state index in [-0.39, 0.29) is 18.0 Å². The van der Waals surface area contributed by atoms with Gasteiger partial charge in [-0.15, -0.1) is 0 Å². The molecule has 1 aliphatic rings. The van der Waals surface area contributed by atoms with E-state index in [4.69, 9.17) is 14.2 Å². The van der Waals surface area contributed by atoms with Gasteiger partial charge in [-0.2, -0.15) is 0 Å². The third-order valence-corrected chi connectivity index (χ3v) is 8.06. The van der Waals surface area contributed by atoms with Crippen LogP contribution in [0.25, 0.3) is 0 Å². The second kappa shape index (κ2) is 16.0. The molecule has 3 N–H and O–H groups in total. The Bertz CT molecular complexity index is 1350. The van der Waals surface area contributed by atoms with Crippen LogP contribution >= 0.6 is 0 Å². The average Bonchev–Trinajstić information content (AvgIpc) is 3.04. The number of amides is 3. The van der Waals surface area contributed by atoms with Crippen LogP contribution in [0.15, 0.2) is 66.7 Å². The largest absolute Gasteiger partial charge is 0.493 e. The van der Waals surface area contributed by atoms with Gasteiger partial charge in [-0.1, -0.05) is 13.8 Å². The van der Waals surface area contributed by atoms with Crippen molar-refractivity contribution < 1.29 is 23.8 Å². The Kier molecular flexibility index (Phi) is 11.9. The summed E-state index contributed by atoms with van der Waals surface area (Å²) in [6.07, 6.45) is 4.03. The second-order valence-corrected chi connectivity index (χ2v) is 11.5. The molecule has 1 aliphatic heterocycles. The number of carbonyl (C=O) groups is 2. The third-order valence-electron chi connectivity index (χ3n) is 8.06. The summed E-state index contributed by atoms with van der Waals surface area (Å²) in [5.74, 6) is 2.69. The molecule has 0 bridgehead atoms. The molecule has 0 aliphatic carbocycles. The molecular weight excluding hydrogens is 556 g/mol. The number of rotatable bonds is 13. The van der Waals surface area contributed by atoms with Gasteiger partial charge in [0.15, 0.2) is 11.5 Å². The summed E-state index contributed by atoms with van der Waals surface area (Å²) in [7, 11) is 1.55. The fraction of sp³-hybridized carbons (Fsp3) is 0.429. The minimum Gasteiger partial charge on any atom is -0.493 e. The van der Waals surface area contributed by atoms with Crippen LogP contribution in [0.5, 0.6) is 23.0 Å². The molecule has 9 nitrogen and oxygen atoms in total. The number of likely N-dealkylation sites (tertiary alicyclic amines) is 1. The highest BCUT2D eigenvalue weighted by Gasteiger charge is 2.21. The average molecular weight is 603 g/mol. The Morgan fingerprint density at radius 2 is 1.48 bits per heavy atom. The molecule has 3 amide bonds. The number of nitrogens with one attached hydrogen (secondary N) is 3. The first kappa shape index (κ1) is 32.7. The van der Waals surface area contributed by atoms with Gasteiger partial charge < -0.3 is 35.1 Å². The van der Waals surface area contributed by atoms with Gasteiger partial charge in [0.2, 0.25) is 0 Å². The van der Waals surface area contributed by atoms with E-state index in [0.29, 0.717) is 52.8 Å². The Labute approximate surface area is 261 Å². The lowest BCUT2D eigenvalue weighted by molar-refractivity contribution is 0.102. The lowest BCUT2D eigenvalue weighted by Crippen LogP contribution is -2.39. The summed E-state index contributed by atoms with van der Waals surface area (Å²) in [6, 6.07) is 20.0. The first-order valence-electron chi connectivity index (χ1n) is 15.6. The van der Waals surface area contributed by atoms with E-state index < -0.39 is 0 Å². The molecule has 0 spiro atoms. The standard InChI is InChI=1S/C35H46N4O5/c1-6-27(7-2)37-35(41)38-29-12-17-32(33(22-29)42-5)44-31-15-10-28(11-16-31)36-34(40)26-8-13-30(14-9-26)43-23-25-18-20-39(21-19-25)24(3)4/h8-17,22,24-25,27H,6-7,18-21,23H2,1-5H3,(H,36,40)(H2,37,38,41). The molecule has 1 saturated heterocycles. The van der Waals surface area contributed by atoms with Crippen LogP contribution in [0.3, 0.4) is 0 Å². The van der Waals surface area contributed by atoms with Crippen LogP contribution in [-0.4, -0.2) is 55.7 Å². The molecule has 0 atom stereocenters. The highest BCUT2D eigenvalue weighted by Crippen LogP contribution is 2.34. The van der Waals surface area contributed by atoms with Crippen LogP contribution in [-0.2, 0) is 0 Å². The van der Waals surface area contributed by atoms with E-state index >= 15 is 0 Å². The zero-order valence-corrected chi connectivity index (χ0v) is 26.5. The topological polar surface area (TPSA) is 101 Å². The van der Waals surface area contributed by atoms with E-state index in [2.05, 4.69) is 34.7 Å². The molecule has 9 heteroatoms. The molecule has 0 radical (unpaired) electrons. The van der Waals surface area contributed by atoms with Crippen LogP contribution in [0.1, 0.15) is 63.7 Å². The number of urea groups is 1. The Balaban J connectivity index is 1.26. The van der Waals surface area contributed by atoms with Crippen molar-refractivity contribution in [1.29, 1.82) is 0 Å². The molecule has 3 aromatic rings. The van der Waals surface area contributed by atoms with Gasteiger partial charge in [-0.3, -0.25) is 4.79 Å². The van der Waals surface area contributed by atoms with Crippen molar-refractivity contribution in [3.05, 3.63) is 72.3 Å². The van der Waals surface area contributed by atoms with Gasteiger partial charge in [-0.05, 0) is 119 Å². The molecule has 0 aromatic heterocycles. The highest BCUT2D eigenvalue weighted by atomic mass is 16.5. The maximum absolute atomic E-state index is 12.8. The molecule has 236 valence electrons. The number of carbonyl (C=O) groups excluding carboxylic acids is 2. The summed E-state index contributed by atoms with van der Waals surface area (Å²) in [5.41, 5.74) is 1.79. The summed E-state index contributed by atoms with van der Waals surface area (Å²) >= 11 is 0. The number of nitrogens with zero attached hydrogens (tertiary/aromatic N) is 1. The van der Waals surface area contributed by atoms with Gasteiger partial charge in [0.25, 0.3) is 5.91 Å². The van der Waals surface area contributed by atoms with Gasteiger partial charge in [-0.25, -0.2) is 4.79 Å². The number of anilines is 2. The quantitative estimate of drug-likeness (QED) is 0.187. The van der Waals surface area contributed by atoms with Gasteiger partial charge in [0.05, 0.1) is 13.7 Å². The van der Waals surface area contributed by atoms with Crippen molar-refractivity contribution in [1.82, 2.24) is 10.2 Å². The normalized spacial score (nSPS) is 13.9. The smallest absolute Gasteiger partial charge is 0.319 e. The minimum atomic E-state index is -0.260. The summed E-state index contributed by atoms with van der Waals surface area (Å²) in [6.45, 7) is 11.5. The number of hydrogen-bond donors (Lipinski definition) is 3. The van der Waals surface area contributed by atoms with Crippen molar-refractivity contribution >= 4 is 23.3 Å². The Hall–Kier alpha value is -4.24. The fourth-order valence-electron chi connectivity index (χ4n) is 5.16. The summed E-state index contributed by atoms with van der Waals surface area (Å²) in [5, 5.41) is 8.71. The number of piperidine rings is 1. The van der Waals surface area contributed by atoms with Crippen LogP contribution in [0.4, 0.5) is 16.2 Å². The van der Waals surface area contributed by atoms with Crippen molar-refractivity contribution in [3.63, 3.8) is 0 Å². The summed E-state index contributed by atoms with van der Waals surface area (Å²) in [4.78, 5) is 27.7. The molecule has 1 fully saturated rings. The molecule has 44 heavy (non-hydrogen) atoms. The van der Waals surface area contributed by atoms with E-state index in [0.717, 1.165) is 44.5 Å². The van der Waals surface area contributed by atoms with E-state index in [1.165, 1.54) is 0 Å². The molecule has 0 saturated carbocycles. The van der Waals surface area contributed by atoms with Gasteiger partial charge in [0, 0.05) is 35.1 Å². The van der Waals surface area contributed by atoms with Crippen molar-refractivity contribution in [2.24, 2.45) is 5.92 Å². The Morgan fingerprint density at radius 3 is 2.09 bits per heavy atom. The van der Waals surface area contributed by atoms with Gasteiger partial charge in [0.1, 0.15) is 11.5 Å². The van der Waals surface area contributed by atoms with E-state index in [1.807, 2.05) is 26.0 Å². The minimum absolute atomic E-state index is 0.125. The first-order chi connectivity index (χ1) is 21.3. The predicted molar refractivity (Wildman–Crippen MR) is 175 cm³/mol. The van der Waals surface area contributed by atoms with E-state index in [1.54, 1.807) is 61.7 Å². The monoisotopic (exact) mass is 602 g/mol. The maximum Gasteiger partial charge on any atom is 0.319 e. The van der Waals surface area contributed by atoms with Crippen LogP contribution in [0.2, 0.25) is 0 Å². The highest BCUT2D eigenvalue weighted by molar-refractivity contribution is 6.04. The van der Waals surface area contributed by atoms with Crippen molar-refractivity contribution in [2.75, 3.05) is 37.4 Å². The fourth-order valence-corrected chi connectivity index (χ4v) is 5.16. The molecule has 4 rings (SSSR count). The molecular formula is C35H46N4O5. The second-order valence-electron chi connectivity index (χ2n) is 11.5. The van der Waals surface area contributed by atoms with Crippen molar-refractivity contribution in [3.8, 4) is 23.0 Å². The zero-order chi connectivity index (χ0) is 31.5. The molecule has 1 heterocycles. The SMILES string of the molecule is CCC(CC)NC(=O)Nc1ccc(Oc2ccc(NC(=O)c3ccc(OCC4CCN(C(C)C)CC4)cc3)cc2)c(OC)c1. The van der Waals surface area contributed by atoms with Gasteiger partial charge >= 0.3 is 6.03 Å². The number of methoxy groups -OCH3 is 1. The summed E-state index contributed by atoms with van der Waals surface area (Å²) < 4.78 is 17.5. The number of benzene rings is 3. The van der Waals surface area contributed by atoms with Crippen LogP contribution < -0.4 is 30.2 Å². The third kappa shape index (κ3) is 9.38. The lowest BCUT2D eigenvalue weighted by atomic mass is 9.97. The molecule has 3 aromatic carbocycles. The maximum atomic E-state index is 12.8. The van der Waals surface area contributed by atoms with E-state index in [9.17, 15) is 9.59 Å². The predicted octanol–water partition coefficient (Wildman–Crippen LogP) is 7.55. The first-order valence-corrected chi connectivity index (χ1v) is 15.6.